The summed E-state index contributed by atoms with van der Waals surface area (Å²) in [7, 11) is 0. The van der Waals surface area contributed by atoms with Crippen LogP contribution in [0.4, 0.5) is 24.5 Å². The van der Waals surface area contributed by atoms with E-state index in [1.165, 1.54) is 18.2 Å². The van der Waals surface area contributed by atoms with Crippen molar-refractivity contribution in [3.63, 3.8) is 0 Å². The molecule has 7 nitrogen and oxygen atoms in total. The molecule has 0 radical (unpaired) electrons. The molecule has 0 saturated carbocycles. The molecule has 0 aliphatic rings. The number of aromatic nitrogens is 2. The van der Waals surface area contributed by atoms with Crippen molar-refractivity contribution in [1.82, 2.24) is 10.2 Å². The number of nitrogens with zero attached hydrogens (tertiary/aromatic N) is 2. The van der Waals surface area contributed by atoms with E-state index in [-0.39, 0.29) is 34.5 Å². The highest BCUT2D eigenvalue weighted by Crippen LogP contribution is 2.39. The number of benzene rings is 3. The van der Waals surface area contributed by atoms with Gasteiger partial charge in [0.05, 0.1) is 21.6 Å². The molecule has 3 aromatic carbocycles. The van der Waals surface area contributed by atoms with Crippen molar-refractivity contribution in [2.24, 2.45) is 0 Å². The fourth-order valence-electron chi connectivity index (χ4n) is 3.58. The van der Waals surface area contributed by atoms with Gasteiger partial charge in [-0.3, -0.25) is 14.9 Å². The van der Waals surface area contributed by atoms with Crippen LogP contribution in [-0.4, -0.2) is 15.1 Å². The van der Waals surface area contributed by atoms with Crippen LogP contribution in [0.3, 0.4) is 0 Å². The van der Waals surface area contributed by atoms with Crippen LogP contribution in [0.5, 0.6) is 0 Å². The Labute approximate surface area is 178 Å². The topological polar surface area (TPSA) is 115 Å². The number of hydrogen-bond acceptors (Lipinski definition) is 5. The number of anilines is 1. The molecule has 32 heavy (non-hydrogen) atoms. The third kappa shape index (κ3) is 3.89. The van der Waals surface area contributed by atoms with Crippen molar-refractivity contribution in [3.05, 3.63) is 98.0 Å². The summed E-state index contributed by atoms with van der Waals surface area (Å²) in [5.74, 6) is 0. The average molecular weight is 440 g/mol. The fraction of sp³-hybridized carbons (Fsp3) is 0.0909. The van der Waals surface area contributed by atoms with Crippen molar-refractivity contribution < 1.29 is 18.1 Å². The number of nitrogens with two attached hydrogens (primary N) is 1. The highest BCUT2D eigenvalue weighted by Gasteiger charge is 2.34. The molecule has 4 aromatic rings. The van der Waals surface area contributed by atoms with Gasteiger partial charge in [-0.2, -0.15) is 18.3 Å². The largest absolute Gasteiger partial charge is 0.417 e. The smallest absolute Gasteiger partial charge is 0.393 e. The molecule has 0 amide bonds. The number of H-pyrrole nitrogens is 1. The first-order valence-electron chi connectivity index (χ1n) is 9.36. The van der Waals surface area contributed by atoms with E-state index in [0.717, 1.165) is 18.2 Å². The zero-order valence-corrected chi connectivity index (χ0v) is 16.3. The molecule has 0 saturated heterocycles. The molecule has 1 aromatic heterocycles. The highest BCUT2D eigenvalue weighted by molar-refractivity contribution is 5.83. The lowest BCUT2D eigenvalue weighted by atomic mass is 9.94. The predicted molar refractivity (Wildman–Crippen MR) is 113 cm³/mol. The lowest BCUT2D eigenvalue weighted by Gasteiger charge is -2.15. The van der Waals surface area contributed by atoms with Gasteiger partial charge in [0.2, 0.25) is 0 Å². The quantitative estimate of drug-likeness (QED) is 0.271. The van der Waals surface area contributed by atoms with E-state index >= 15 is 0 Å². The Balaban J connectivity index is 1.83. The van der Waals surface area contributed by atoms with Crippen molar-refractivity contribution >= 4 is 22.1 Å². The number of rotatable bonds is 4. The predicted octanol–water partition coefficient (Wildman–Crippen LogP) is 4.69. The van der Waals surface area contributed by atoms with Crippen LogP contribution in [0.2, 0.25) is 0 Å². The van der Waals surface area contributed by atoms with Gasteiger partial charge in [-0.1, -0.05) is 30.3 Å². The summed E-state index contributed by atoms with van der Waals surface area (Å²) < 4.78 is 41.0. The molecule has 3 N–H and O–H groups in total. The van der Waals surface area contributed by atoms with Crippen molar-refractivity contribution in [2.75, 3.05) is 5.73 Å². The van der Waals surface area contributed by atoms with Gasteiger partial charge in [0, 0.05) is 17.9 Å². The second-order valence-corrected chi connectivity index (χ2v) is 7.13. The van der Waals surface area contributed by atoms with E-state index in [4.69, 9.17) is 5.73 Å². The Hall–Kier alpha value is -4.21. The molecule has 1 heterocycles. The molecule has 0 aliphatic heterocycles. The molecule has 0 aliphatic carbocycles. The van der Waals surface area contributed by atoms with E-state index in [2.05, 4.69) is 10.2 Å². The van der Waals surface area contributed by atoms with Crippen LogP contribution in [0.15, 0.2) is 65.5 Å². The van der Waals surface area contributed by atoms with Crippen molar-refractivity contribution in [3.8, 4) is 11.1 Å². The molecule has 162 valence electrons. The van der Waals surface area contributed by atoms with E-state index in [9.17, 15) is 28.1 Å². The molecular weight excluding hydrogens is 425 g/mol. The Kier molecular flexibility index (Phi) is 5.13. The molecule has 0 unspecified atom stereocenters. The molecule has 0 atom stereocenters. The second kappa shape index (κ2) is 7.80. The number of hydrogen-bond donors (Lipinski definition) is 2. The highest BCUT2D eigenvalue weighted by atomic mass is 19.4. The maximum absolute atomic E-state index is 13.7. The molecule has 10 heteroatoms. The third-order valence-electron chi connectivity index (χ3n) is 5.07. The van der Waals surface area contributed by atoms with Crippen LogP contribution in [0.1, 0.15) is 16.8 Å². The minimum absolute atomic E-state index is 0.0987. The lowest BCUT2D eigenvalue weighted by Crippen LogP contribution is -2.12. The standard InChI is InChI=1S/C22H15F3N4O3/c23-22(24,25)17-7-5-12(9-16(17)13-6-8-20(29(31)32)18(26)11-13)10-19-14-3-1-2-4-15(14)21(30)28-27-19/h1-9,11H,10,26H2,(H,28,30). The summed E-state index contributed by atoms with van der Waals surface area (Å²) >= 11 is 0. The third-order valence-corrected chi connectivity index (χ3v) is 5.07. The monoisotopic (exact) mass is 440 g/mol. The molecule has 4 rings (SSSR count). The summed E-state index contributed by atoms with van der Waals surface area (Å²) in [5, 5.41) is 18.5. The first kappa shape index (κ1) is 21.0. The SMILES string of the molecule is Nc1cc(-c2cc(Cc3n[nH]c(=O)c4ccccc34)ccc2C(F)(F)F)ccc1[N+](=O)[O-]. The summed E-state index contributed by atoms with van der Waals surface area (Å²) in [6.45, 7) is 0. The fourth-order valence-corrected chi connectivity index (χ4v) is 3.58. The van der Waals surface area contributed by atoms with Gasteiger partial charge >= 0.3 is 6.18 Å². The lowest BCUT2D eigenvalue weighted by molar-refractivity contribution is -0.383. The number of alkyl halides is 3. The summed E-state index contributed by atoms with van der Waals surface area (Å²) in [6.07, 6.45) is -4.49. The van der Waals surface area contributed by atoms with E-state index in [1.807, 2.05) is 0 Å². The second-order valence-electron chi connectivity index (χ2n) is 7.13. The summed E-state index contributed by atoms with van der Waals surface area (Å²) in [6, 6.07) is 13.9. The average Bonchev–Trinajstić information content (AvgIpc) is 2.75. The van der Waals surface area contributed by atoms with Crippen LogP contribution in [0.25, 0.3) is 21.9 Å². The summed E-state index contributed by atoms with van der Waals surface area (Å²) in [4.78, 5) is 22.3. The number of aromatic amines is 1. The van der Waals surface area contributed by atoms with Gasteiger partial charge in [-0.05, 0) is 41.0 Å². The first-order chi connectivity index (χ1) is 15.1. The summed E-state index contributed by atoms with van der Waals surface area (Å²) in [5.41, 5.74) is 4.75. The Bertz CT molecular complexity index is 1410. The van der Waals surface area contributed by atoms with Gasteiger partial charge in [-0.15, -0.1) is 0 Å². The van der Waals surface area contributed by atoms with Crippen LogP contribution in [-0.2, 0) is 12.6 Å². The van der Waals surface area contributed by atoms with Gasteiger partial charge in [0.25, 0.3) is 11.2 Å². The Morgan fingerprint density at radius 1 is 1.03 bits per heavy atom. The number of nitro benzene ring substituents is 1. The maximum atomic E-state index is 13.7. The number of fused-ring (bicyclic) bond motifs is 1. The zero-order chi connectivity index (χ0) is 23.0. The number of halogens is 3. The number of nitrogen functional groups attached to an aromatic ring is 1. The Morgan fingerprint density at radius 3 is 2.41 bits per heavy atom. The first-order valence-corrected chi connectivity index (χ1v) is 9.36. The maximum Gasteiger partial charge on any atom is 0.417 e. The molecular formula is C22H15F3N4O3. The number of nitro groups is 1. The van der Waals surface area contributed by atoms with Gasteiger partial charge < -0.3 is 5.73 Å². The van der Waals surface area contributed by atoms with Gasteiger partial charge in [0.1, 0.15) is 5.69 Å². The molecule has 0 fully saturated rings. The Morgan fingerprint density at radius 2 is 1.75 bits per heavy atom. The van der Waals surface area contributed by atoms with Crippen molar-refractivity contribution in [1.29, 1.82) is 0 Å². The van der Waals surface area contributed by atoms with Gasteiger partial charge in [-0.25, -0.2) is 5.10 Å². The normalized spacial score (nSPS) is 11.6. The minimum atomic E-state index is -4.65. The van der Waals surface area contributed by atoms with Crippen LogP contribution in [0, 0.1) is 10.1 Å². The number of nitrogens with one attached hydrogen (secondary N) is 1. The molecule has 0 bridgehead atoms. The van der Waals surface area contributed by atoms with E-state index in [0.29, 0.717) is 22.0 Å². The van der Waals surface area contributed by atoms with Crippen LogP contribution < -0.4 is 11.3 Å². The van der Waals surface area contributed by atoms with Crippen molar-refractivity contribution in [2.45, 2.75) is 12.6 Å². The van der Waals surface area contributed by atoms with E-state index in [1.54, 1.807) is 24.3 Å². The van der Waals surface area contributed by atoms with Gasteiger partial charge in [0.15, 0.2) is 0 Å². The zero-order valence-electron chi connectivity index (χ0n) is 16.3. The minimum Gasteiger partial charge on any atom is -0.393 e. The molecule has 0 spiro atoms. The van der Waals surface area contributed by atoms with E-state index < -0.39 is 16.7 Å². The van der Waals surface area contributed by atoms with Crippen LogP contribution >= 0.6 is 0 Å².